The average Bonchev–Trinajstić information content (AvgIpc) is 2.00. The Morgan fingerprint density at radius 3 is 2.42 bits per heavy atom. The highest BCUT2D eigenvalue weighted by Crippen LogP contribution is 1.88. The van der Waals surface area contributed by atoms with E-state index in [2.05, 4.69) is 4.18 Å². The minimum absolute atomic E-state index is 0.214. The minimum Gasteiger partial charge on any atom is -0.324 e. The van der Waals surface area contributed by atoms with Crippen molar-refractivity contribution in [1.82, 2.24) is 0 Å². The van der Waals surface area contributed by atoms with Gasteiger partial charge in [-0.3, -0.25) is 18.3 Å². The Kier molecular flexibility index (Phi) is 5.64. The van der Waals surface area contributed by atoms with Gasteiger partial charge in [0.2, 0.25) is 0 Å². The molecule has 0 spiro atoms. The van der Waals surface area contributed by atoms with E-state index in [1.54, 1.807) is 0 Å². The van der Waals surface area contributed by atoms with Gasteiger partial charge in [-0.1, -0.05) is 0 Å². The molecule has 0 aliphatic carbocycles. The van der Waals surface area contributed by atoms with Crippen molar-refractivity contribution in [2.45, 2.75) is 6.42 Å². The van der Waals surface area contributed by atoms with Crippen LogP contribution in [0.2, 0.25) is 0 Å². The van der Waals surface area contributed by atoms with Crippen LogP contribution in [0.1, 0.15) is 6.42 Å². The quantitative estimate of drug-likeness (QED) is 0.400. The summed E-state index contributed by atoms with van der Waals surface area (Å²) >= 11 is -2.47. The molecule has 70 valence electrons. The summed E-state index contributed by atoms with van der Waals surface area (Å²) in [6.45, 7) is -0.761. The molecule has 3 N–H and O–H groups in total. The number of carbonyl (C=O) groups is 2. The molecule has 12 heavy (non-hydrogen) atoms. The molecule has 7 heteroatoms. The molecule has 0 aromatic heterocycles. The van der Waals surface area contributed by atoms with E-state index < -0.39 is 29.5 Å². The maximum absolute atomic E-state index is 10.7. The zero-order valence-electron chi connectivity index (χ0n) is 6.19. The Labute approximate surface area is 71.6 Å². The third kappa shape index (κ3) is 6.10. The van der Waals surface area contributed by atoms with Crippen molar-refractivity contribution in [2.24, 2.45) is 5.73 Å². The smallest absolute Gasteiger partial charge is 0.302 e. The van der Waals surface area contributed by atoms with E-state index >= 15 is 0 Å². The number of hydrogen-bond acceptors (Lipinski definition) is 5. The van der Waals surface area contributed by atoms with Crippen molar-refractivity contribution in [3.63, 3.8) is 0 Å². The fourth-order valence-corrected chi connectivity index (χ4v) is 0.692. The van der Waals surface area contributed by atoms with E-state index in [-0.39, 0.29) is 13.0 Å². The third-order valence-corrected chi connectivity index (χ3v) is 1.26. The van der Waals surface area contributed by atoms with Crippen LogP contribution in [0.5, 0.6) is 0 Å². The molecule has 0 rings (SSSR count). The molecule has 1 atom stereocenters. The number of carbonyl (C=O) groups excluding carboxylic acids is 2. The molecule has 0 aromatic rings. The first-order valence-electron chi connectivity index (χ1n) is 3.04. The van der Waals surface area contributed by atoms with Gasteiger partial charge in [-0.2, -0.15) is 4.21 Å². The van der Waals surface area contributed by atoms with Crippen LogP contribution in [0.4, 0.5) is 0 Å². The zero-order chi connectivity index (χ0) is 9.56. The lowest BCUT2D eigenvalue weighted by Gasteiger charge is -1.96. The number of Topliss-reactive ketones (excluding diaryl/α,β-unsaturated/α-hetero) is 2. The number of rotatable bonds is 6. The summed E-state index contributed by atoms with van der Waals surface area (Å²) in [6.07, 6.45) is -0.353. The molecule has 0 amide bonds. The number of ketones is 2. The first-order chi connectivity index (χ1) is 5.56. The van der Waals surface area contributed by atoms with Gasteiger partial charge in [-0.05, 0) is 0 Å². The topological polar surface area (TPSA) is 107 Å². The van der Waals surface area contributed by atoms with E-state index in [0.717, 1.165) is 0 Å². The van der Waals surface area contributed by atoms with Crippen molar-refractivity contribution < 1.29 is 22.5 Å². The van der Waals surface area contributed by atoms with Crippen LogP contribution in [0, 0.1) is 0 Å². The largest absolute Gasteiger partial charge is 0.324 e. The SMILES string of the molecule is NCC(=O)CC(=O)COS(=O)O. The minimum atomic E-state index is -2.47. The van der Waals surface area contributed by atoms with Crippen LogP contribution in [0.25, 0.3) is 0 Å². The van der Waals surface area contributed by atoms with Crippen LogP contribution >= 0.6 is 0 Å². The van der Waals surface area contributed by atoms with E-state index in [9.17, 15) is 13.8 Å². The van der Waals surface area contributed by atoms with Gasteiger partial charge in [-0.15, -0.1) is 0 Å². The van der Waals surface area contributed by atoms with Gasteiger partial charge in [0.25, 0.3) is 0 Å². The lowest BCUT2D eigenvalue weighted by atomic mass is 10.2. The molecule has 0 bridgehead atoms. The molecule has 0 saturated heterocycles. The molecule has 1 unspecified atom stereocenters. The third-order valence-electron chi connectivity index (χ3n) is 0.943. The molecule has 0 aliphatic rings. The highest BCUT2D eigenvalue weighted by molar-refractivity contribution is 7.74. The lowest BCUT2D eigenvalue weighted by molar-refractivity contribution is -0.127. The molecule has 6 nitrogen and oxygen atoms in total. The first kappa shape index (κ1) is 11.4. The van der Waals surface area contributed by atoms with Gasteiger partial charge in [0.05, 0.1) is 13.0 Å². The summed E-state index contributed by atoms with van der Waals surface area (Å²) in [7, 11) is 0. The average molecular weight is 195 g/mol. The first-order valence-corrected chi connectivity index (χ1v) is 4.07. The predicted molar refractivity (Wildman–Crippen MR) is 40.4 cm³/mol. The summed E-state index contributed by atoms with van der Waals surface area (Å²) in [4.78, 5) is 21.2. The second-order valence-electron chi connectivity index (χ2n) is 1.94. The monoisotopic (exact) mass is 195 g/mol. The molecule has 0 aromatic carbocycles. The summed E-state index contributed by atoms with van der Waals surface area (Å²) in [5, 5.41) is 0. The summed E-state index contributed by atoms with van der Waals surface area (Å²) in [6, 6.07) is 0. The van der Waals surface area contributed by atoms with E-state index in [4.69, 9.17) is 10.3 Å². The van der Waals surface area contributed by atoms with Crippen molar-refractivity contribution in [3.05, 3.63) is 0 Å². The van der Waals surface area contributed by atoms with Gasteiger partial charge in [-0.25, -0.2) is 0 Å². The van der Waals surface area contributed by atoms with Gasteiger partial charge in [0, 0.05) is 0 Å². The lowest BCUT2D eigenvalue weighted by Crippen LogP contribution is -2.20. The fourth-order valence-electron chi connectivity index (χ4n) is 0.459. The highest BCUT2D eigenvalue weighted by Gasteiger charge is 2.08. The van der Waals surface area contributed by atoms with Gasteiger partial charge in [0.1, 0.15) is 6.61 Å². The van der Waals surface area contributed by atoms with E-state index in [0.29, 0.717) is 0 Å². The Morgan fingerprint density at radius 1 is 1.42 bits per heavy atom. The summed E-state index contributed by atoms with van der Waals surface area (Å²) in [5.74, 6) is -0.986. The van der Waals surface area contributed by atoms with Crippen LogP contribution in [-0.2, 0) is 25.1 Å². The molecular weight excluding hydrogens is 186 g/mol. The second-order valence-corrected chi connectivity index (χ2v) is 2.61. The van der Waals surface area contributed by atoms with Crippen molar-refractivity contribution in [2.75, 3.05) is 13.2 Å². The van der Waals surface area contributed by atoms with Crippen molar-refractivity contribution in [3.8, 4) is 0 Å². The maximum Gasteiger partial charge on any atom is 0.302 e. The maximum atomic E-state index is 10.7. The Morgan fingerprint density at radius 2 is 2.00 bits per heavy atom. The van der Waals surface area contributed by atoms with Gasteiger partial charge in [0.15, 0.2) is 11.6 Å². The Bertz CT molecular complexity index is 204. The fraction of sp³-hybridized carbons (Fsp3) is 0.600. The Balaban J connectivity index is 3.60. The molecule has 0 fully saturated rings. The van der Waals surface area contributed by atoms with Crippen LogP contribution in [-0.4, -0.2) is 33.5 Å². The molecule has 0 heterocycles. The molecule has 0 saturated carbocycles. The number of hydrogen-bond donors (Lipinski definition) is 2. The van der Waals surface area contributed by atoms with E-state index in [1.807, 2.05) is 0 Å². The molecule has 0 aliphatic heterocycles. The van der Waals surface area contributed by atoms with E-state index in [1.165, 1.54) is 0 Å². The normalized spacial score (nSPS) is 12.5. The highest BCUT2D eigenvalue weighted by atomic mass is 32.2. The predicted octanol–water partition coefficient (Wildman–Crippen LogP) is -1.37. The second kappa shape index (κ2) is 5.95. The zero-order valence-corrected chi connectivity index (χ0v) is 7.00. The standard InChI is InChI=1S/C5H9NO5S/c6-2-4(7)1-5(8)3-11-12(9)10/h1-3,6H2,(H,9,10). The number of nitrogens with two attached hydrogens (primary N) is 1. The van der Waals surface area contributed by atoms with Crippen molar-refractivity contribution >= 4 is 22.9 Å². The Hall–Kier alpha value is -0.630. The summed E-state index contributed by atoms with van der Waals surface area (Å²) in [5.41, 5.74) is 4.92. The molecular formula is C5H9NO5S. The molecule has 0 radical (unpaired) electrons. The van der Waals surface area contributed by atoms with Gasteiger partial charge < -0.3 is 5.73 Å². The van der Waals surface area contributed by atoms with Gasteiger partial charge >= 0.3 is 11.4 Å². The van der Waals surface area contributed by atoms with Crippen LogP contribution in [0.3, 0.4) is 0 Å². The van der Waals surface area contributed by atoms with Crippen LogP contribution in [0.15, 0.2) is 0 Å². The summed E-state index contributed by atoms with van der Waals surface area (Å²) < 4.78 is 22.0. The van der Waals surface area contributed by atoms with Crippen LogP contribution < -0.4 is 5.73 Å². The van der Waals surface area contributed by atoms with Crippen molar-refractivity contribution in [1.29, 1.82) is 0 Å².